The fourth-order valence-corrected chi connectivity index (χ4v) is 3.73. The van der Waals surface area contributed by atoms with Crippen LogP contribution in [0.25, 0.3) is 0 Å². The van der Waals surface area contributed by atoms with Gasteiger partial charge in [-0.1, -0.05) is 29.3 Å². The molecule has 1 unspecified atom stereocenters. The quantitative estimate of drug-likeness (QED) is 0.746. The molecule has 2 amide bonds. The third-order valence-electron chi connectivity index (χ3n) is 3.62. The summed E-state index contributed by atoms with van der Waals surface area (Å²) in [6.07, 6.45) is 0.520. The predicted molar refractivity (Wildman–Crippen MR) is 93.3 cm³/mol. The van der Waals surface area contributed by atoms with Gasteiger partial charge in [-0.15, -0.1) is 0 Å². The maximum absolute atomic E-state index is 11.9. The van der Waals surface area contributed by atoms with Gasteiger partial charge in [0.25, 0.3) is 0 Å². The van der Waals surface area contributed by atoms with Crippen molar-refractivity contribution < 1.29 is 14.7 Å². The van der Waals surface area contributed by atoms with Gasteiger partial charge in [0.2, 0.25) is 0 Å². The summed E-state index contributed by atoms with van der Waals surface area (Å²) >= 11 is 13.6. The minimum absolute atomic E-state index is 0.195. The number of carboxylic acids is 1. The maximum Gasteiger partial charge on any atom is 0.317 e. The molecule has 126 valence electrons. The molecule has 2 rings (SSSR count). The topological polar surface area (TPSA) is 69.6 Å². The Hall–Kier alpha value is -1.11. The van der Waals surface area contributed by atoms with Crippen molar-refractivity contribution in [1.82, 2.24) is 10.2 Å². The first-order chi connectivity index (χ1) is 11.0. The van der Waals surface area contributed by atoms with E-state index in [1.54, 1.807) is 28.8 Å². The van der Waals surface area contributed by atoms with Crippen LogP contribution in [0.3, 0.4) is 0 Å². The van der Waals surface area contributed by atoms with E-state index in [0.29, 0.717) is 29.6 Å². The Bertz CT molecular complexity index is 586. The summed E-state index contributed by atoms with van der Waals surface area (Å²) in [4.78, 5) is 24.3. The van der Waals surface area contributed by atoms with Gasteiger partial charge in [-0.3, -0.25) is 4.79 Å². The Kier molecular flexibility index (Phi) is 6.87. The van der Waals surface area contributed by atoms with Crippen molar-refractivity contribution in [3.05, 3.63) is 33.8 Å². The van der Waals surface area contributed by atoms with Gasteiger partial charge in [0.05, 0.1) is 5.92 Å². The number of carbonyl (C=O) groups is 2. The second-order valence-electron chi connectivity index (χ2n) is 5.29. The second kappa shape index (κ2) is 8.66. The largest absolute Gasteiger partial charge is 0.481 e. The van der Waals surface area contributed by atoms with Gasteiger partial charge >= 0.3 is 12.0 Å². The average Bonchev–Trinajstić information content (AvgIpc) is 2.99. The van der Waals surface area contributed by atoms with Crippen LogP contribution in [0, 0.1) is 5.92 Å². The van der Waals surface area contributed by atoms with Crippen molar-refractivity contribution in [3.63, 3.8) is 0 Å². The first kappa shape index (κ1) is 18.2. The number of benzene rings is 1. The molecule has 1 saturated heterocycles. The molecule has 1 aromatic carbocycles. The number of thioether (sulfide) groups is 1. The van der Waals surface area contributed by atoms with E-state index in [2.05, 4.69) is 5.32 Å². The van der Waals surface area contributed by atoms with Crippen molar-refractivity contribution >= 4 is 47.0 Å². The Morgan fingerprint density at radius 2 is 2.17 bits per heavy atom. The number of likely N-dealkylation sites (tertiary alicyclic amines) is 1. The van der Waals surface area contributed by atoms with E-state index >= 15 is 0 Å². The van der Waals surface area contributed by atoms with Gasteiger partial charge in [-0.25, -0.2) is 4.79 Å². The smallest absolute Gasteiger partial charge is 0.317 e. The second-order valence-corrected chi connectivity index (χ2v) is 7.24. The zero-order valence-corrected chi connectivity index (χ0v) is 14.8. The lowest BCUT2D eigenvalue weighted by atomic mass is 10.1. The number of aliphatic carboxylic acids is 1. The number of nitrogens with zero attached hydrogens (tertiary/aromatic N) is 1. The van der Waals surface area contributed by atoms with Crippen molar-refractivity contribution in [3.8, 4) is 0 Å². The molecule has 0 spiro atoms. The molecule has 8 heteroatoms. The number of hydrogen-bond acceptors (Lipinski definition) is 3. The van der Waals surface area contributed by atoms with Crippen LogP contribution in [0.15, 0.2) is 18.2 Å². The monoisotopic (exact) mass is 376 g/mol. The number of amides is 2. The van der Waals surface area contributed by atoms with E-state index in [9.17, 15) is 9.59 Å². The zero-order valence-electron chi connectivity index (χ0n) is 12.4. The molecule has 1 aliphatic rings. The Labute approximate surface area is 149 Å². The molecule has 0 radical (unpaired) electrons. The van der Waals surface area contributed by atoms with Crippen molar-refractivity contribution in [2.75, 3.05) is 25.4 Å². The summed E-state index contributed by atoms with van der Waals surface area (Å²) < 4.78 is 0. The SMILES string of the molecule is O=C(O)C1CCN(C(=O)NCCSCc2ccc(Cl)cc2Cl)C1. The first-order valence-corrected chi connectivity index (χ1v) is 9.15. The minimum atomic E-state index is -0.837. The summed E-state index contributed by atoms with van der Waals surface area (Å²) in [6, 6.07) is 5.22. The van der Waals surface area contributed by atoms with Gasteiger partial charge in [-0.05, 0) is 24.1 Å². The van der Waals surface area contributed by atoms with Gasteiger partial charge in [0.1, 0.15) is 0 Å². The summed E-state index contributed by atoms with van der Waals surface area (Å²) in [7, 11) is 0. The van der Waals surface area contributed by atoms with Gasteiger partial charge < -0.3 is 15.3 Å². The lowest BCUT2D eigenvalue weighted by Crippen LogP contribution is -2.39. The van der Waals surface area contributed by atoms with Crippen LogP contribution in [0.5, 0.6) is 0 Å². The van der Waals surface area contributed by atoms with Crippen LogP contribution in [-0.4, -0.2) is 47.4 Å². The van der Waals surface area contributed by atoms with E-state index < -0.39 is 11.9 Å². The van der Waals surface area contributed by atoms with Crippen LogP contribution < -0.4 is 5.32 Å². The first-order valence-electron chi connectivity index (χ1n) is 7.24. The van der Waals surface area contributed by atoms with Gasteiger partial charge in [0.15, 0.2) is 0 Å². The Morgan fingerprint density at radius 3 is 2.83 bits per heavy atom. The molecular formula is C15H18Cl2N2O3S. The number of carboxylic acid groups (broad SMARTS) is 1. The standard InChI is InChI=1S/C15H18Cl2N2O3S/c16-12-2-1-11(13(17)7-12)9-23-6-4-18-15(22)19-5-3-10(8-19)14(20)21/h1-2,7,10H,3-6,8-9H2,(H,18,22)(H,20,21). The van der Waals surface area contributed by atoms with Crippen molar-refractivity contribution in [1.29, 1.82) is 0 Å². The highest BCUT2D eigenvalue weighted by atomic mass is 35.5. The fourth-order valence-electron chi connectivity index (χ4n) is 2.31. The zero-order chi connectivity index (χ0) is 16.8. The third kappa shape index (κ3) is 5.48. The number of rotatable bonds is 6. The third-order valence-corrected chi connectivity index (χ3v) is 5.21. The van der Waals surface area contributed by atoms with E-state index in [4.69, 9.17) is 28.3 Å². The number of halogens is 2. The highest BCUT2D eigenvalue weighted by molar-refractivity contribution is 7.98. The number of carbonyl (C=O) groups excluding carboxylic acids is 1. The molecule has 0 aliphatic carbocycles. The summed E-state index contributed by atoms with van der Waals surface area (Å²) in [6.45, 7) is 1.31. The lowest BCUT2D eigenvalue weighted by molar-refractivity contribution is -0.141. The van der Waals surface area contributed by atoms with Crippen LogP contribution in [0.4, 0.5) is 4.79 Å². The van der Waals surface area contributed by atoms with E-state index in [1.807, 2.05) is 6.07 Å². The molecule has 1 aromatic rings. The van der Waals surface area contributed by atoms with Crippen molar-refractivity contribution in [2.45, 2.75) is 12.2 Å². The van der Waals surface area contributed by atoms with Gasteiger partial charge in [0, 0.05) is 41.2 Å². The minimum Gasteiger partial charge on any atom is -0.481 e. The van der Waals surface area contributed by atoms with Crippen LogP contribution >= 0.6 is 35.0 Å². The summed E-state index contributed by atoms with van der Waals surface area (Å²) in [5.74, 6) is 0.218. The normalized spacial score (nSPS) is 17.3. The van der Waals surface area contributed by atoms with Crippen LogP contribution in [0.1, 0.15) is 12.0 Å². The molecule has 1 atom stereocenters. The lowest BCUT2D eigenvalue weighted by Gasteiger charge is -2.16. The fraction of sp³-hybridized carbons (Fsp3) is 0.467. The summed E-state index contributed by atoms with van der Waals surface area (Å²) in [5.41, 5.74) is 1.01. The Balaban J connectivity index is 1.64. The Morgan fingerprint density at radius 1 is 1.39 bits per heavy atom. The van der Waals surface area contributed by atoms with Crippen molar-refractivity contribution in [2.24, 2.45) is 5.92 Å². The predicted octanol–water partition coefficient (Wildman–Crippen LogP) is 3.34. The number of nitrogens with one attached hydrogen (secondary N) is 1. The van der Waals surface area contributed by atoms with Crippen LogP contribution in [0.2, 0.25) is 10.0 Å². The molecule has 0 bridgehead atoms. The molecular weight excluding hydrogens is 359 g/mol. The van der Waals surface area contributed by atoms with E-state index in [-0.39, 0.29) is 12.6 Å². The molecule has 1 aliphatic heterocycles. The van der Waals surface area contributed by atoms with Crippen LogP contribution in [-0.2, 0) is 10.5 Å². The van der Waals surface area contributed by atoms with E-state index in [0.717, 1.165) is 17.1 Å². The molecule has 23 heavy (non-hydrogen) atoms. The summed E-state index contributed by atoms with van der Waals surface area (Å²) in [5, 5.41) is 13.0. The molecule has 2 N–H and O–H groups in total. The number of urea groups is 1. The highest BCUT2D eigenvalue weighted by Gasteiger charge is 2.30. The molecule has 0 saturated carbocycles. The molecule has 5 nitrogen and oxygen atoms in total. The molecule has 0 aromatic heterocycles. The van der Waals surface area contributed by atoms with E-state index in [1.165, 1.54) is 0 Å². The maximum atomic E-state index is 11.9. The average molecular weight is 377 g/mol. The number of hydrogen-bond donors (Lipinski definition) is 2. The highest BCUT2D eigenvalue weighted by Crippen LogP contribution is 2.24. The van der Waals surface area contributed by atoms with Gasteiger partial charge in [-0.2, -0.15) is 11.8 Å². The molecule has 1 heterocycles. The molecule has 1 fully saturated rings.